The summed E-state index contributed by atoms with van der Waals surface area (Å²) in [5, 5.41) is 0. The predicted octanol–water partition coefficient (Wildman–Crippen LogP) is 0.807. The molecule has 0 radical (unpaired) electrons. The van der Waals surface area contributed by atoms with Crippen LogP contribution in [0.2, 0.25) is 0 Å². The third-order valence-corrected chi connectivity index (χ3v) is 2.75. The van der Waals surface area contributed by atoms with Crippen molar-refractivity contribution in [3.05, 3.63) is 0 Å². The Hall–Kier alpha value is -0.360. The van der Waals surface area contributed by atoms with Crippen LogP contribution in [-0.2, 0) is 4.79 Å². The number of carbonyl (C=O) groups excluding carboxylic acids is 2. The van der Waals surface area contributed by atoms with Gasteiger partial charge in [-0.1, -0.05) is 0 Å². The smallest absolute Gasteiger partial charge is 0.271 e. The van der Waals surface area contributed by atoms with Crippen molar-refractivity contribution in [3.8, 4) is 0 Å². The molecule has 1 aliphatic heterocycles. The van der Waals surface area contributed by atoms with Crippen LogP contribution in [0.5, 0.6) is 0 Å². The minimum atomic E-state index is -0.227. The largest absolute Gasteiger partial charge is 0.347 e. The summed E-state index contributed by atoms with van der Waals surface area (Å²) in [6.07, 6.45) is 3.48. The maximum Gasteiger partial charge on any atom is 0.347 e. The van der Waals surface area contributed by atoms with Gasteiger partial charge < -0.3 is 0 Å². The molecule has 0 aliphatic carbocycles. The Kier molecular flexibility index (Phi) is 2.67. The van der Waals surface area contributed by atoms with Gasteiger partial charge in [-0.3, -0.25) is 9.10 Å². The lowest BCUT2D eigenvalue weighted by atomic mass is 10.7. The molecule has 0 N–H and O–H groups in total. The van der Waals surface area contributed by atoms with E-state index in [2.05, 4.69) is 0 Å². The van der Waals surface area contributed by atoms with Crippen molar-refractivity contribution >= 4 is 35.8 Å². The van der Waals surface area contributed by atoms with E-state index < -0.39 is 0 Å². The zero-order valence-electron chi connectivity index (χ0n) is 6.23. The van der Waals surface area contributed by atoms with Gasteiger partial charge in [0.25, 0.3) is 5.91 Å². The van der Waals surface area contributed by atoms with Gasteiger partial charge in [-0.05, 0) is 23.9 Å². The Morgan fingerprint density at radius 3 is 2.18 bits per heavy atom. The highest BCUT2D eigenvalue weighted by Crippen LogP contribution is 2.22. The van der Waals surface area contributed by atoms with E-state index in [1.807, 2.05) is 0 Å². The SMILES string of the molecule is CSN1CC(=O)N(SC)C1=O. The number of amides is 3. The Bertz CT molecular complexity index is 197. The first-order valence-electron chi connectivity index (χ1n) is 2.93. The van der Waals surface area contributed by atoms with Gasteiger partial charge in [-0.15, -0.1) is 0 Å². The van der Waals surface area contributed by atoms with Crippen molar-refractivity contribution in [3.63, 3.8) is 0 Å². The molecule has 11 heavy (non-hydrogen) atoms. The lowest BCUT2D eigenvalue weighted by Crippen LogP contribution is -2.23. The molecule has 1 fully saturated rings. The topological polar surface area (TPSA) is 40.6 Å². The van der Waals surface area contributed by atoms with E-state index in [1.54, 1.807) is 12.5 Å². The van der Waals surface area contributed by atoms with Gasteiger partial charge in [0.1, 0.15) is 6.54 Å². The second kappa shape index (κ2) is 3.36. The third-order valence-electron chi connectivity index (χ3n) is 1.30. The average molecular weight is 192 g/mol. The molecule has 3 amide bonds. The molecule has 62 valence electrons. The maximum atomic E-state index is 11.2. The molecule has 0 spiro atoms. The maximum absolute atomic E-state index is 11.2. The van der Waals surface area contributed by atoms with Crippen LogP contribution in [0.15, 0.2) is 0 Å². The second-order valence-corrected chi connectivity index (χ2v) is 3.41. The molecule has 1 aliphatic rings. The molecule has 0 saturated carbocycles. The Balaban J connectivity index is 2.71. The average Bonchev–Trinajstić information content (AvgIpc) is 2.26. The van der Waals surface area contributed by atoms with E-state index in [9.17, 15) is 9.59 Å². The van der Waals surface area contributed by atoms with Crippen molar-refractivity contribution in [2.45, 2.75) is 0 Å². The third kappa shape index (κ3) is 1.46. The molecular formula is C5H8N2O2S2. The zero-order chi connectivity index (χ0) is 8.43. The number of rotatable bonds is 2. The molecular weight excluding hydrogens is 184 g/mol. The number of imide groups is 1. The Labute approximate surface area is 73.6 Å². The number of hydrogen-bond acceptors (Lipinski definition) is 4. The van der Waals surface area contributed by atoms with Gasteiger partial charge in [0, 0.05) is 12.5 Å². The van der Waals surface area contributed by atoms with Crippen LogP contribution in [0.3, 0.4) is 0 Å². The minimum absolute atomic E-state index is 0.142. The molecule has 0 aromatic rings. The van der Waals surface area contributed by atoms with E-state index in [4.69, 9.17) is 0 Å². The van der Waals surface area contributed by atoms with E-state index in [1.165, 1.54) is 16.3 Å². The molecule has 6 heteroatoms. The molecule has 0 aromatic carbocycles. The van der Waals surface area contributed by atoms with Crippen LogP contribution in [-0.4, -0.2) is 39.6 Å². The molecule has 4 nitrogen and oxygen atoms in total. The molecule has 0 bridgehead atoms. The summed E-state index contributed by atoms with van der Waals surface area (Å²) in [6, 6.07) is -0.227. The summed E-state index contributed by atoms with van der Waals surface area (Å²) < 4.78 is 2.59. The fraction of sp³-hybridized carbons (Fsp3) is 0.600. The van der Waals surface area contributed by atoms with Gasteiger partial charge in [0.05, 0.1) is 0 Å². The highest BCUT2D eigenvalue weighted by atomic mass is 32.2. The fourth-order valence-corrected chi connectivity index (χ4v) is 1.83. The monoisotopic (exact) mass is 192 g/mol. The summed E-state index contributed by atoms with van der Waals surface area (Å²) in [5.74, 6) is -0.142. The lowest BCUT2D eigenvalue weighted by Gasteiger charge is -2.10. The lowest BCUT2D eigenvalue weighted by molar-refractivity contribution is -0.121. The van der Waals surface area contributed by atoms with E-state index in [0.29, 0.717) is 0 Å². The van der Waals surface area contributed by atoms with Gasteiger partial charge in [0.15, 0.2) is 0 Å². The Morgan fingerprint density at radius 1 is 1.27 bits per heavy atom. The van der Waals surface area contributed by atoms with Crippen molar-refractivity contribution in [1.29, 1.82) is 0 Å². The van der Waals surface area contributed by atoms with Crippen LogP contribution < -0.4 is 0 Å². The van der Waals surface area contributed by atoms with Crippen LogP contribution in [0.1, 0.15) is 0 Å². The number of urea groups is 1. The van der Waals surface area contributed by atoms with Crippen molar-refractivity contribution in [2.75, 3.05) is 19.1 Å². The van der Waals surface area contributed by atoms with E-state index in [0.717, 1.165) is 16.3 Å². The quantitative estimate of drug-likeness (QED) is 0.479. The first kappa shape index (κ1) is 8.73. The summed E-state index contributed by atoms with van der Waals surface area (Å²) in [5.41, 5.74) is 0. The van der Waals surface area contributed by atoms with Gasteiger partial charge >= 0.3 is 6.03 Å². The molecule has 1 rings (SSSR count). The molecule has 0 atom stereocenters. The van der Waals surface area contributed by atoms with Crippen LogP contribution in [0.4, 0.5) is 4.79 Å². The summed E-state index contributed by atoms with van der Waals surface area (Å²) in [7, 11) is 0. The molecule has 1 saturated heterocycles. The van der Waals surface area contributed by atoms with Crippen LogP contribution in [0, 0.1) is 0 Å². The second-order valence-electron chi connectivity index (χ2n) is 1.87. The van der Waals surface area contributed by atoms with Gasteiger partial charge in [-0.2, -0.15) is 0 Å². The Morgan fingerprint density at radius 2 is 1.91 bits per heavy atom. The predicted molar refractivity (Wildman–Crippen MR) is 46.0 cm³/mol. The summed E-state index contributed by atoms with van der Waals surface area (Å²) in [6.45, 7) is 0.195. The highest BCUT2D eigenvalue weighted by Gasteiger charge is 2.35. The number of carbonyl (C=O) groups is 2. The first-order chi connectivity index (χ1) is 5.20. The van der Waals surface area contributed by atoms with Crippen molar-refractivity contribution in [2.24, 2.45) is 0 Å². The highest BCUT2D eigenvalue weighted by molar-refractivity contribution is 7.98. The minimum Gasteiger partial charge on any atom is -0.271 e. The van der Waals surface area contributed by atoms with Crippen LogP contribution >= 0.6 is 23.9 Å². The molecule has 0 unspecified atom stereocenters. The summed E-state index contributed by atoms with van der Waals surface area (Å²) in [4.78, 5) is 22.2. The standard InChI is InChI=1S/C5H8N2O2S2/c1-10-6-3-4(8)7(11-2)5(6)9/h3H2,1-2H3. The number of nitrogens with zero attached hydrogens (tertiary/aromatic N) is 2. The zero-order valence-corrected chi connectivity index (χ0v) is 7.87. The summed E-state index contributed by atoms with van der Waals surface area (Å²) >= 11 is 2.42. The van der Waals surface area contributed by atoms with Gasteiger partial charge in [0.2, 0.25) is 0 Å². The number of hydrogen-bond donors (Lipinski definition) is 0. The molecule has 0 aromatic heterocycles. The van der Waals surface area contributed by atoms with E-state index >= 15 is 0 Å². The van der Waals surface area contributed by atoms with Crippen molar-refractivity contribution < 1.29 is 9.59 Å². The van der Waals surface area contributed by atoms with Crippen molar-refractivity contribution in [1.82, 2.24) is 8.61 Å². The van der Waals surface area contributed by atoms with Gasteiger partial charge in [-0.25, -0.2) is 9.10 Å². The first-order valence-corrected chi connectivity index (χ1v) is 5.29. The van der Waals surface area contributed by atoms with Crippen LogP contribution in [0.25, 0.3) is 0 Å². The fourth-order valence-electron chi connectivity index (χ4n) is 0.785. The van der Waals surface area contributed by atoms with E-state index in [-0.39, 0.29) is 18.5 Å². The molecule has 1 heterocycles. The normalized spacial score (nSPS) is 18.4.